The second kappa shape index (κ2) is 20.7. The van der Waals surface area contributed by atoms with Crippen LogP contribution in [0.2, 0.25) is 0 Å². The molecule has 4 nitrogen and oxygen atoms in total. The number of hydrogen-bond donors (Lipinski definition) is 0. The lowest BCUT2D eigenvalue weighted by Gasteiger charge is -2.37. The van der Waals surface area contributed by atoms with Crippen molar-refractivity contribution in [2.24, 2.45) is 5.92 Å². The zero-order valence-corrected chi connectivity index (χ0v) is 27.3. The number of rotatable bonds is 22. The number of nitrogens with zero attached hydrogens (tertiary/aromatic N) is 2. The van der Waals surface area contributed by atoms with E-state index in [1.54, 1.807) is 0 Å². The van der Waals surface area contributed by atoms with Gasteiger partial charge in [0.05, 0.1) is 5.69 Å². The molecule has 0 bridgehead atoms. The van der Waals surface area contributed by atoms with Crippen LogP contribution < -0.4 is 22.0 Å². The van der Waals surface area contributed by atoms with Gasteiger partial charge in [-0.1, -0.05) is 153 Å². The van der Waals surface area contributed by atoms with Crippen LogP contribution in [0, 0.1) is 5.92 Å². The second-order valence-corrected chi connectivity index (χ2v) is 12.2. The lowest BCUT2D eigenvalue weighted by Crippen LogP contribution is -3.00. The van der Waals surface area contributed by atoms with Crippen molar-refractivity contribution in [3.63, 3.8) is 0 Å². The lowest BCUT2D eigenvalue weighted by molar-refractivity contribution is -0.132. The molecule has 1 heterocycles. The highest BCUT2D eigenvalue weighted by molar-refractivity contribution is 6.19. The molecule has 0 N–H and O–H groups in total. The van der Waals surface area contributed by atoms with Crippen molar-refractivity contribution in [2.75, 3.05) is 11.6 Å². The predicted molar refractivity (Wildman–Crippen MR) is 175 cm³/mol. The van der Waals surface area contributed by atoms with Gasteiger partial charge in [-0.15, -0.1) is 9.60 Å². The minimum Gasteiger partial charge on any atom is -1.00 e. The van der Waals surface area contributed by atoms with Gasteiger partial charge in [-0.25, -0.2) is 4.79 Å². The zero-order chi connectivity index (χ0) is 29.2. The molecule has 1 fully saturated rings. The quantitative estimate of drug-likeness (QED) is 0.0799. The molecule has 1 saturated heterocycles. The highest BCUT2D eigenvalue weighted by Gasteiger charge is 2.61. The summed E-state index contributed by atoms with van der Waals surface area (Å²) in [4.78, 5) is 28.1. The van der Waals surface area contributed by atoms with Crippen LogP contribution in [0.3, 0.4) is 0 Å². The minimum absolute atomic E-state index is 0. The number of hydrogen-bond acceptors (Lipinski definition) is 2. The van der Waals surface area contributed by atoms with E-state index in [1.165, 1.54) is 89.9 Å². The van der Waals surface area contributed by atoms with Crippen LogP contribution in [-0.2, 0) is 9.59 Å². The number of amides is 2. The second-order valence-electron chi connectivity index (χ2n) is 12.2. The van der Waals surface area contributed by atoms with Gasteiger partial charge in [-0.2, -0.15) is 0 Å². The highest BCUT2D eigenvalue weighted by Crippen LogP contribution is 2.41. The highest BCUT2D eigenvalue weighted by atomic mass is 35.5. The van der Waals surface area contributed by atoms with Crippen molar-refractivity contribution in [1.82, 2.24) is 4.59 Å². The van der Waals surface area contributed by atoms with Crippen LogP contribution in [-0.4, -0.2) is 18.4 Å². The smallest absolute Gasteiger partial charge is 0.356 e. The summed E-state index contributed by atoms with van der Waals surface area (Å²) >= 11 is 0. The number of carbonyl (C=O) groups is 2. The summed E-state index contributed by atoms with van der Waals surface area (Å²) in [6.07, 6.45) is 23.6. The van der Waals surface area contributed by atoms with Gasteiger partial charge in [0, 0.05) is 12.1 Å². The number of unbranched alkanes of at least 4 members (excludes halogenated alkanes) is 16. The Morgan fingerprint density at radius 1 is 0.571 bits per heavy atom. The van der Waals surface area contributed by atoms with E-state index in [1.807, 2.05) is 65.7 Å². The summed E-state index contributed by atoms with van der Waals surface area (Å²) in [6.45, 7) is 5.03. The Balaban J connectivity index is 0.00000616. The van der Waals surface area contributed by atoms with Gasteiger partial charge in [0.1, 0.15) is 6.54 Å². The predicted octanol–water partition coefficient (Wildman–Crippen LogP) is 7.55. The number of quaternary nitrogens is 1. The maximum Gasteiger partial charge on any atom is 0.356 e. The van der Waals surface area contributed by atoms with E-state index in [-0.39, 0.29) is 28.8 Å². The first-order valence-electron chi connectivity index (χ1n) is 17.0. The SMILES string of the molecule is CCCCCCCCCCCCCCCCCC[N+]1(c2ccccc2)C(=O)C(CCCC)C(=O)N1c1ccccc1.[Cl-]. The largest absolute Gasteiger partial charge is 1.00 e. The van der Waals surface area contributed by atoms with Gasteiger partial charge in [0.15, 0.2) is 11.6 Å². The van der Waals surface area contributed by atoms with Crippen molar-refractivity contribution in [3.8, 4) is 0 Å². The van der Waals surface area contributed by atoms with Gasteiger partial charge in [0.25, 0.3) is 5.91 Å². The summed E-state index contributed by atoms with van der Waals surface area (Å²) in [5.41, 5.74) is 1.71. The van der Waals surface area contributed by atoms with Crippen molar-refractivity contribution in [2.45, 2.75) is 136 Å². The molecule has 0 saturated carbocycles. The summed E-state index contributed by atoms with van der Waals surface area (Å²) in [6, 6.07) is 19.8. The third-order valence-corrected chi connectivity index (χ3v) is 8.88. The van der Waals surface area contributed by atoms with E-state index in [0.717, 1.165) is 37.1 Å². The molecule has 3 rings (SSSR count). The molecule has 2 atom stereocenters. The molecular weight excluding hydrogens is 540 g/mol. The maximum absolute atomic E-state index is 14.2. The monoisotopic (exact) mass is 596 g/mol. The van der Waals surface area contributed by atoms with Gasteiger partial charge < -0.3 is 12.4 Å². The number of benzene rings is 2. The molecule has 2 aromatic rings. The molecular formula is C37H57ClN2O2. The van der Waals surface area contributed by atoms with Gasteiger partial charge >= 0.3 is 5.91 Å². The van der Waals surface area contributed by atoms with Crippen molar-refractivity contribution in [1.29, 1.82) is 0 Å². The summed E-state index contributed by atoms with van der Waals surface area (Å²) in [5.74, 6) is -0.578. The van der Waals surface area contributed by atoms with E-state index in [2.05, 4.69) is 13.8 Å². The lowest BCUT2D eigenvalue weighted by atomic mass is 10.0. The van der Waals surface area contributed by atoms with Crippen LogP contribution >= 0.6 is 0 Å². The number of para-hydroxylation sites is 2. The normalized spacial score (nSPS) is 18.4. The fourth-order valence-corrected chi connectivity index (χ4v) is 6.47. The van der Waals surface area contributed by atoms with E-state index in [4.69, 9.17) is 0 Å². The summed E-state index contributed by atoms with van der Waals surface area (Å²) in [7, 11) is 0. The zero-order valence-electron chi connectivity index (χ0n) is 26.6. The molecule has 2 unspecified atom stereocenters. The van der Waals surface area contributed by atoms with Gasteiger partial charge in [-0.05, 0) is 31.4 Å². The number of halogens is 1. The third kappa shape index (κ3) is 10.2. The molecule has 0 aliphatic carbocycles. The Bertz CT molecular complexity index is 999. The van der Waals surface area contributed by atoms with E-state index >= 15 is 0 Å². The molecule has 0 radical (unpaired) electrons. The fourth-order valence-electron chi connectivity index (χ4n) is 6.47. The Labute approximate surface area is 263 Å². The van der Waals surface area contributed by atoms with Crippen LogP contribution in [0.1, 0.15) is 136 Å². The first kappa shape index (κ1) is 36.0. The standard InChI is InChI=1S/C37H57N2O2.ClH/c1-3-5-7-8-9-10-11-12-13-14-15-16-17-18-19-26-32-39(34-29-24-21-25-30-34)37(41)35(31-6-4-2)36(40)38(39)33-27-22-20-23-28-33;/h20-25,27-30,35H,3-19,26,31-32H2,1-2H3;1H/q+1;/p-1. The van der Waals surface area contributed by atoms with E-state index in [0.29, 0.717) is 13.0 Å². The Hall–Kier alpha value is -2.17. The topological polar surface area (TPSA) is 37.4 Å². The third-order valence-electron chi connectivity index (χ3n) is 8.88. The molecule has 42 heavy (non-hydrogen) atoms. The molecule has 5 heteroatoms. The maximum atomic E-state index is 14.2. The number of anilines is 1. The van der Waals surface area contributed by atoms with Crippen molar-refractivity contribution < 1.29 is 22.0 Å². The average Bonchev–Trinajstić information content (AvgIpc) is 3.22. The Morgan fingerprint density at radius 2 is 1.00 bits per heavy atom. The van der Waals surface area contributed by atoms with Crippen LogP contribution in [0.4, 0.5) is 11.4 Å². The fraction of sp³-hybridized carbons (Fsp3) is 0.622. The molecule has 0 spiro atoms. The van der Waals surface area contributed by atoms with Gasteiger partial charge in [0.2, 0.25) is 0 Å². The molecule has 0 aromatic heterocycles. The average molecular weight is 597 g/mol. The first-order chi connectivity index (χ1) is 20.2. The molecule has 2 aromatic carbocycles. The molecule has 1 aliphatic rings. The molecule has 234 valence electrons. The van der Waals surface area contributed by atoms with Crippen LogP contribution in [0.5, 0.6) is 0 Å². The molecule has 1 aliphatic heterocycles. The van der Waals surface area contributed by atoms with Crippen LogP contribution in [0.25, 0.3) is 0 Å². The Kier molecular flexibility index (Phi) is 17.7. The summed E-state index contributed by atoms with van der Waals surface area (Å²) in [5, 5.41) is 1.81. The number of carbonyl (C=O) groups excluding carboxylic acids is 2. The Morgan fingerprint density at radius 3 is 1.48 bits per heavy atom. The summed E-state index contributed by atoms with van der Waals surface area (Å²) < 4.78 is -0.00330. The van der Waals surface area contributed by atoms with E-state index in [9.17, 15) is 9.59 Å². The van der Waals surface area contributed by atoms with Crippen LogP contribution in [0.15, 0.2) is 60.7 Å². The van der Waals surface area contributed by atoms with Crippen molar-refractivity contribution in [3.05, 3.63) is 60.7 Å². The van der Waals surface area contributed by atoms with E-state index < -0.39 is 5.92 Å². The molecule has 2 amide bonds. The first-order valence-corrected chi connectivity index (χ1v) is 17.0. The minimum atomic E-state index is -0.573. The van der Waals surface area contributed by atoms with Gasteiger partial charge in [-0.3, -0.25) is 4.79 Å². The van der Waals surface area contributed by atoms with Crippen molar-refractivity contribution >= 4 is 23.2 Å².